The number of ether oxygens (including phenoxy) is 2. The van der Waals surface area contributed by atoms with Crippen LogP contribution in [0.3, 0.4) is 0 Å². The Bertz CT molecular complexity index is 717. The lowest BCUT2D eigenvalue weighted by atomic mass is 10.2. The van der Waals surface area contributed by atoms with Gasteiger partial charge >= 0.3 is 5.97 Å². The zero-order valence-electron chi connectivity index (χ0n) is 13.4. The van der Waals surface area contributed by atoms with Gasteiger partial charge in [-0.1, -0.05) is 23.7 Å². The van der Waals surface area contributed by atoms with E-state index in [9.17, 15) is 9.59 Å². The van der Waals surface area contributed by atoms with Crippen molar-refractivity contribution in [3.8, 4) is 5.75 Å². The van der Waals surface area contributed by atoms with Gasteiger partial charge < -0.3 is 14.4 Å². The first kappa shape index (κ1) is 17.7. The molecular weight excluding hydrogens is 332 g/mol. The van der Waals surface area contributed by atoms with Gasteiger partial charge in [-0.05, 0) is 24.3 Å². The summed E-state index contributed by atoms with van der Waals surface area (Å²) in [5, 5.41) is 0.377. The van der Waals surface area contributed by atoms with Crippen LogP contribution in [0.5, 0.6) is 5.75 Å². The molecule has 0 N–H and O–H groups in total. The van der Waals surface area contributed by atoms with Crippen LogP contribution in [0.4, 0.5) is 0 Å². The molecule has 0 bridgehead atoms. The highest BCUT2D eigenvalue weighted by Gasteiger charge is 2.10. The highest BCUT2D eigenvalue weighted by atomic mass is 35.5. The summed E-state index contributed by atoms with van der Waals surface area (Å²) in [5.74, 6) is -0.236. The van der Waals surface area contributed by atoms with Crippen LogP contribution in [-0.4, -0.2) is 42.5 Å². The van der Waals surface area contributed by atoms with Crippen molar-refractivity contribution in [2.45, 2.75) is 6.61 Å². The van der Waals surface area contributed by atoms with E-state index in [1.54, 1.807) is 50.6 Å². The molecule has 1 heterocycles. The van der Waals surface area contributed by atoms with E-state index in [-0.39, 0.29) is 19.1 Å². The predicted octanol–water partition coefficient (Wildman–Crippen LogP) is 2.56. The largest absolute Gasteiger partial charge is 0.484 e. The fourth-order valence-electron chi connectivity index (χ4n) is 1.71. The molecule has 2 aromatic rings. The van der Waals surface area contributed by atoms with Crippen LogP contribution in [0.1, 0.15) is 15.9 Å². The van der Waals surface area contributed by atoms with Crippen molar-refractivity contribution in [3.05, 3.63) is 58.9 Å². The van der Waals surface area contributed by atoms with E-state index < -0.39 is 5.97 Å². The number of halogens is 1. The van der Waals surface area contributed by atoms with Crippen LogP contribution in [0.15, 0.2) is 42.6 Å². The lowest BCUT2D eigenvalue weighted by Crippen LogP contribution is -2.27. The van der Waals surface area contributed by atoms with E-state index in [4.69, 9.17) is 21.1 Å². The van der Waals surface area contributed by atoms with E-state index in [0.29, 0.717) is 16.5 Å². The number of nitrogens with zero attached hydrogens (tertiary/aromatic N) is 2. The molecule has 24 heavy (non-hydrogen) atoms. The Morgan fingerprint density at radius 1 is 1.21 bits per heavy atom. The van der Waals surface area contributed by atoms with E-state index in [0.717, 1.165) is 5.56 Å². The van der Waals surface area contributed by atoms with Gasteiger partial charge in [-0.2, -0.15) is 0 Å². The molecule has 0 saturated carbocycles. The minimum atomic E-state index is -0.491. The number of rotatable bonds is 6. The summed E-state index contributed by atoms with van der Waals surface area (Å²) in [5.41, 5.74) is 1.07. The Morgan fingerprint density at radius 3 is 2.67 bits per heavy atom. The number of carbonyl (C=O) groups excluding carboxylic acids is 2. The Kier molecular flexibility index (Phi) is 6.14. The van der Waals surface area contributed by atoms with E-state index >= 15 is 0 Å². The Morgan fingerprint density at radius 2 is 2.00 bits per heavy atom. The highest BCUT2D eigenvalue weighted by Crippen LogP contribution is 2.15. The first-order chi connectivity index (χ1) is 11.5. The molecule has 0 saturated heterocycles. The minimum Gasteiger partial charge on any atom is -0.484 e. The molecule has 1 amide bonds. The normalized spacial score (nSPS) is 10.1. The van der Waals surface area contributed by atoms with E-state index in [1.807, 2.05) is 0 Å². The fraction of sp³-hybridized carbons (Fsp3) is 0.235. The average molecular weight is 349 g/mol. The molecule has 0 radical (unpaired) electrons. The molecule has 0 fully saturated rings. The highest BCUT2D eigenvalue weighted by molar-refractivity contribution is 6.29. The first-order valence-corrected chi connectivity index (χ1v) is 7.54. The number of pyridine rings is 1. The van der Waals surface area contributed by atoms with Gasteiger partial charge in [0.25, 0.3) is 5.91 Å². The quantitative estimate of drug-likeness (QED) is 0.592. The van der Waals surface area contributed by atoms with Crippen LogP contribution < -0.4 is 4.74 Å². The molecule has 7 heteroatoms. The van der Waals surface area contributed by atoms with Gasteiger partial charge in [0, 0.05) is 25.9 Å². The molecule has 0 atom stereocenters. The van der Waals surface area contributed by atoms with Crippen LogP contribution in [0.25, 0.3) is 0 Å². The first-order valence-electron chi connectivity index (χ1n) is 7.16. The third-order valence-electron chi connectivity index (χ3n) is 3.09. The third-order valence-corrected chi connectivity index (χ3v) is 3.31. The molecule has 6 nitrogen and oxygen atoms in total. The smallest absolute Gasteiger partial charge is 0.338 e. The SMILES string of the molecule is CN(C)C(=O)COc1cccc(C(=O)OCc2ccc(Cl)nc2)c1. The standard InChI is InChI=1S/C17H17ClN2O4/c1-20(2)16(21)11-23-14-5-3-4-13(8-14)17(22)24-10-12-6-7-15(18)19-9-12/h3-9H,10-11H2,1-2H3. The number of hydrogen-bond donors (Lipinski definition) is 0. The van der Waals surface area contributed by atoms with Gasteiger partial charge in [0.05, 0.1) is 5.56 Å². The number of carbonyl (C=O) groups is 2. The Balaban J connectivity index is 1.93. The maximum Gasteiger partial charge on any atom is 0.338 e. The topological polar surface area (TPSA) is 68.7 Å². The summed E-state index contributed by atoms with van der Waals surface area (Å²) < 4.78 is 10.6. The maximum absolute atomic E-state index is 12.1. The molecule has 126 valence electrons. The van der Waals surface area contributed by atoms with Crippen molar-refractivity contribution < 1.29 is 19.1 Å². The molecule has 0 aliphatic rings. The summed E-state index contributed by atoms with van der Waals surface area (Å²) in [6, 6.07) is 9.84. The molecule has 1 aromatic carbocycles. The molecule has 0 unspecified atom stereocenters. The number of likely N-dealkylation sites (N-methyl/N-ethyl adjacent to an activating group) is 1. The van der Waals surface area contributed by atoms with E-state index in [2.05, 4.69) is 4.98 Å². The maximum atomic E-state index is 12.1. The molecule has 0 spiro atoms. The molecule has 0 aliphatic carbocycles. The van der Waals surface area contributed by atoms with Gasteiger partial charge in [0.2, 0.25) is 0 Å². The Hall–Kier alpha value is -2.60. The summed E-state index contributed by atoms with van der Waals surface area (Å²) in [6.45, 7) is -0.00481. The fourth-order valence-corrected chi connectivity index (χ4v) is 1.82. The summed E-state index contributed by atoms with van der Waals surface area (Å²) in [6.07, 6.45) is 1.54. The van der Waals surface area contributed by atoms with Crippen molar-refractivity contribution in [1.29, 1.82) is 0 Å². The molecule has 0 aliphatic heterocycles. The Labute approximate surface area is 145 Å². The van der Waals surface area contributed by atoms with Crippen molar-refractivity contribution >= 4 is 23.5 Å². The number of benzene rings is 1. The molecular formula is C17H17ClN2O4. The third kappa shape index (κ3) is 5.24. The number of amides is 1. The van der Waals surface area contributed by atoms with Crippen molar-refractivity contribution in [2.24, 2.45) is 0 Å². The van der Waals surface area contributed by atoms with Crippen molar-refractivity contribution in [3.63, 3.8) is 0 Å². The van der Waals surface area contributed by atoms with Gasteiger partial charge in [-0.25, -0.2) is 9.78 Å². The van der Waals surface area contributed by atoms with Crippen molar-refractivity contribution in [1.82, 2.24) is 9.88 Å². The van der Waals surface area contributed by atoms with Crippen molar-refractivity contribution in [2.75, 3.05) is 20.7 Å². The monoisotopic (exact) mass is 348 g/mol. The lowest BCUT2D eigenvalue weighted by Gasteiger charge is -2.12. The van der Waals surface area contributed by atoms with Crippen LogP contribution >= 0.6 is 11.6 Å². The number of aromatic nitrogens is 1. The van der Waals surface area contributed by atoms with Gasteiger partial charge in [0.1, 0.15) is 17.5 Å². The lowest BCUT2D eigenvalue weighted by molar-refractivity contribution is -0.130. The van der Waals surface area contributed by atoms with Gasteiger partial charge in [-0.3, -0.25) is 4.79 Å². The van der Waals surface area contributed by atoms with E-state index in [1.165, 1.54) is 11.0 Å². The van der Waals surface area contributed by atoms with Gasteiger partial charge in [-0.15, -0.1) is 0 Å². The zero-order chi connectivity index (χ0) is 17.5. The minimum absolute atomic E-state index is 0.0905. The molecule has 2 rings (SSSR count). The second-order valence-electron chi connectivity index (χ2n) is 5.17. The summed E-state index contributed by atoms with van der Waals surface area (Å²) in [7, 11) is 3.29. The number of esters is 1. The second kappa shape index (κ2) is 8.31. The molecule has 1 aromatic heterocycles. The van der Waals surface area contributed by atoms with Crippen LogP contribution in [0, 0.1) is 0 Å². The zero-order valence-corrected chi connectivity index (χ0v) is 14.1. The summed E-state index contributed by atoms with van der Waals surface area (Å²) >= 11 is 5.70. The van der Waals surface area contributed by atoms with Crippen LogP contribution in [-0.2, 0) is 16.1 Å². The second-order valence-corrected chi connectivity index (χ2v) is 5.56. The summed E-state index contributed by atoms with van der Waals surface area (Å²) in [4.78, 5) is 28.9. The average Bonchev–Trinajstić information content (AvgIpc) is 2.59. The number of hydrogen-bond acceptors (Lipinski definition) is 5. The van der Waals surface area contributed by atoms with Gasteiger partial charge in [0.15, 0.2) is 6.61 Å². The van der Waals surface area contributed by atoms with Crippen LogP contribution in [0.2, 0.25) is 5.15 Å². The predicted molar refractivity (Wildman–Crippen MR) is 89.0 cm³/mol.